The molecule has 0 aliphatic rings. The molecule has 1 aromatic carbocycles. The number of aromatic nitrogens is 2. The van der Waals surface area contributed by atoms with Crippen LogP contribution in [0, 0.1) is 6.92 Å². The molecule has 0 saturated carbocycles. The number of fused-ring (bicyclic) bond motifs is 3. The van der Waals surface area contributed by atoms with Gasteiger partial charge in [0, 0.05) is 22.8 Å². The summed E-state index contributed by atoms with van der Waals surface area (Å²) < 4.78 is 2.37. The molecule has 0 amide bonds. The van der Waals surface area contributed by atoms with Gasteiger partial charge in [-0.25, -0.2) is 0 Å². The van der Waals surface area contributed by atoms with Crippen molar-refractivity contribution < 1.29 is 5.11 Å². The third-order valence-corrected chi connectivity index (χ3v) is 3.87. The summed E-state index contributed by atoms with van der Waals surface area (Å²) >= 11 is 0. The molecule has 1 N–H and O–H groups in total. The number of rotatable bonds is 4. The Kier molecular flexibility index (Phi) is 5.01. The summed E-state index contributed by atoms with van der Waals surface area (Å²) in [6, 6.07) is 10.5. The predicted octanol–water partition coefficient (Wildman–Crippen LogP) is 4.37. The highest BCUT2D eigenvalue weighted by Crippen LogP contribution is 2.31. The van der Waals surface area contributed by atoms with Crippen molar-refractivity contribution in [1.82, 2.24) is 9.55 Å². The van der Waals surface area contributed by atoms with Gasteiger partial charge in [0.1, 0.15) is 0 Å². The minimum absolute atomic E-state index is 0. The Morgan fingerprint density at radius 2 is 1.95 bits per heavy atom. The average Bonchev–Trinajstić information content (AvgIpc) is 2.80. The minimum atomic E-state index is -0.00868. The minimum Gasteiger partial charge on any atom is -0.390 e. The van der Waals surface area contributed by atoms with Crippen molar-refractivity contribution in [2.45, 2.75) is 39.8 Å². The largest absolute Gasteiger partial charge is 0.390 e. The number of nitrogens with zero attached hydrogens (tertiary/aromatic N) is 2. The number of hydrogen-bond donors (Lipinski definition) is 1. The topological polar surface area (TPSA) is 38.0 Å². The van der Waals surface area contributed by atoms with Gasteiger partial charge in [0.15, 0.2) is 0 Å². The number of halogens is 1. The van der Waals surface area contributed by atoms with Gasteiger partial charge in [0.2, 0.25) is 0 Å². The van der Waals surface area contributed by atoms with Crippen LogP contribution in [0.4, 0.5) is 0 Å². The molecule has 0 unspecified atom stereocenters. The van der Waals surface area contributed by atoms with Crippen LogP contribution in [-0.2, 0) is 13.2 Å². The molecule has 0 aliphatic heterocycles. The molecule has 3 rings (SSSR count). The quantitative estimate of drug-likeness (QED) is 0.760. The maximum Gasteiger partial charge on any atom is 0.0853 e. The Morgan fingerprint density at radius 1 is 1.19 bits per heavy atom. The maximum absolute atomic E-state index is 9.37. The molecule has 0 spiro atoms. The first kappa shape index (κ1) is 16.0. The first-order valence-corrected chi connectivity index (χ1v) is 7.24. The van der Waals surface area contributed by atoms with Crippen LogP contribution in [0.25, 0.3) is 21.8 Å². The monoisotopic (exact) mass is 348 g/mol. The van der Waals surface area contributed by atoms with Crippen molar-refractivity contribution in [2.75, 3.05) is 0 Å². The second-order valence-electron chi connectivity index (χ2n) is 5.28. The van der Waals surface area contributed by atoms with Crippen LogP contribution < -0.4 is 0 Å². The van der Waals surface area contributed by atoms with Crippen molar-refractivity contribution in [3.63, 3.8) is 0 Å². The summed E-state index contributed by atoms with van der Waals surface area (Å²) in [5.74, 6) is 0. The number of para-hydroxylation sites is 1. The van der Waals surface area contributed by atoms with Crippen molar-refractivity contribution in [3.8, 4) is 0 Å². The summed E-state index contributed by atoms with van der Waals surface area (Å²) in [5.41, 5.74) is 4.21. The van der Waals surface area contributed by atoms with Gasteiger partial charge in [-0.2, -0.15) is 0 Å². The summed E-state index contributed by atoms with van der Waals surface area (Å²) in [4.78, 5) is 4.51. The van der Waals surface area contributed by atoms with Gasteiger partial charge in [-0.15, -0.1) is 17.0 Å². The zero-order valence-electron chi connectivity index (χ0n) is 12.5. The molecular formula is C17H21BrN2O. The van der Waals surface area contributed by atoms with E-state index in [4.69, 9.17) is 0 Å². The van der Waals surface area contributed by atoms with Gasteiger partial charge >= 0.3 is 0 Å². The molecule has 0 fully saturated rings. The van der Waals surface area contributed by atoms with Crippen LogP contribution >= 0.6 is 17.0 Å². The van der Waals surface area contributed by atoms with Gasteiger partial charge in [-0.05, 0) is 25.5 Å². The van der Waals surface area contributed by atoms with E-state index in [-0.39, 0.29) is 23.6 Å². The van der Waals surface area contributed by atoms with E-state index in [2.05, 4.69) is 40.7 Å². The first-order chi connectivity index (χ1) is 9.76. The molecule has 0 aliphatic carbocycles. The SMILES string of the molecule is Br.CCCCn1c2ccccc2c2cc(CO)nc(C)c21. The van der Waals surface area contributed by atoms with Crippen molar-refractivity contribution >= 4 is 38.8 Å². The fourth-order valence-electron chi connectivity index (χ4n) is 2.96. The summed E-state index contributed by atoms with van der Waals surface area (Å²) in [6.07, 6.45) is 2.34. The number of unbranched alkanes of at least 4 members (excludes halogenated alkanes) is 1. The van der Waals surface area contributed by atoms with Gasteiger partial charge in [0.05, 0.1) is 23.5 Å². The van der Waals surface area contributed by atoms with Crippen LogP contribution in [-0.4, -0.2) is 14.7 Å². The van der Waals surface area contributed by atoms with Crippen LogP contribution in [0.1, 0.15) is 31.2 Å². The molecule has 21 heavy (non-hydrogen) atoms. The van der Waals surface area contributed by atoms with Crippen LogP contribution in [0.15, 0.2) is 30.3 Å². The van der Waals surface area contributed by atoms with Crippen molar-refractivity contribution in [1.29, 1.82) is 0 Å². The Bertz CT molecular complexity index is 764. The molecule has 2 aromatic heterocycles. The molecule has 3 nitrogen and oxygen atoms in total. The van der Waals surface area contributed by atoms with E-state index in [0.29, 0.717) is 0 Å². The van der Waals surface area contributed by atoms with E-state index in [1.54, 1.807) is 0 Å². The number of benzene rings is 1. The van der Waals surface area contributed by atoms with E-state index in [0.717, 1.165) is 24.4 Å². The Balaban J connectivity index is 0.00000161. The van der Waals surface area contributed by atoms with E-state index < -0.39 is 0 Å². The van der Waals surface area contributed by atoms with Gasteiger partial charge in [-0.1, -0.05) is 31.5 Å². The first-order valence-electron chi connectivity index (χ1n) is 7.24. The number of pyridine rings is 1. The predicted molar refractivity (Wildman–Crippen MR) is 93.1 cm³/mol. The molecule has 112 valence electrons. The highest BCUT2D eigenvalue weighted by Gasteiger charge is 2.13. The lowest BCUT2D eigenvalue weighted by Gasteiger charge is -2.08. The zero-order valence-corrected chi connectivity index (χ0v) is 14.2. The van der Waals surface area contributed by atoms with Crippen LogP contribution in [0.5, 0.6) is 0 Å². The molecule has 3 aromatic rings. The molecular weight excluding hydrogens is 328 g/mol. The second kappa shape index (κ2) is 6.58. The Labute approximate surface area is 135 Å². The second-order valence-corrected chi connectivity index (χ2v) is 5.28. The van der Waals surface area contributed by atoms with E-state index in [1.165, 1.54) is 28.2 Å². The molecule has 4 heteroatoms. The smallest absolute Gasteiger partial charge is 0.0853 e. The van der Waals surface area contributed by atoms with Gasteiger partial charge in [-0.3, -0.25) is 4.98 Å². The van der Waals surface area contributed by atoms with Crippen LogP contribution in [0.2, 0.25) is 0 Å². The lowest BCUT2D eigenvalue weighted by Crippen LogP contribution is -2.00. The van der Waals surface area contributed by atoms with Gasteiger partial charge < -0.3 is 9.67 Å². The third-order valence-electron chi connectivity index (χ3n) is 3.87. The lowest BCUT2D eigenvalue weighted by molar-refractivity contribution is 0.277. The Morgan fingerprint density at radius 3 is 2.67 bits per heavy atom. The summed E-state index contributed by atoms with van der Waals surface area (Å²) in [6.45, 7) is 5.25. The molecule has 0 bridgehead atoms. The Hall–Kier alpha value is -1.39. The lowest BCUT2D eigenvalue weighted by atomic mass is 10.1. The standard InChI is InChI=1S/C17H20N2O.BrH/c1-3-4-9-19-16-8-6-5-7-14(16)15-10-13(11-20)18-12(2)17(15)19;/h5-8,10,20H,3-4,9,11H2,1-2H3;1H. The fourth-order valence-corrected chi connectivity index (χ4v) is 2.96. The number of aliphatic hydroxyl groups is 1. The molecule has 0 radical (unpaired) electrons. The van der Waals surface area contributed by atoms with E-state index in [1.807, 2.05) is 13.0 Å². The normalized spacial score (nSPS) is 11.0. The molecule has 2 heterocycles. The van der Waals surface area contributed by atoms with Gasteiger partial charge in [0.25, 0.3) is 0 Å². The maximum atomic E-state index is 9.37. The summed E-state index contributed by atoms with van der Waals surface area (Å²) in [7, 11) is 0. The number of aryl methyl sites for hydroxylation is 2. The van der Waals surface area contributed by atoms with E-state index >= 15 is 0 Å². The van der Waals surface area contributed by atoms with E-state index in [9.17, 15) is 5.11 Å². The third kappa shape index (κ3) is 2.70. The summed E-state index contributed by atoms with van der Waals surface area (Å²) in [5, 5.41) is 11.8. The number of hydrogen-bond acceptors (Lipinski definition) is 2. The highest BCUT2D eigenvalue weighted by atomic mass is 79.9. The molecule has 0 atom stereocenters. The highest BCUT2D eigenvalue weighted by molar-refractivity contribution is 8.93. The van der Waals surface area contributed by atoms with Crippen molar-refractivity contribution in [3.05, 3.63) is 41.7 Å². The van der Waals surface area contributed by atoms with Crippen molar-refractivity contribution in [2.24, 2.45) is 0 Å². The number of aliphatic hydroxyl groups excluding tert-OH is 1. The fraction of sp³-hybridized carbons (Fsp3) is 0.353. The average molecular weight is 349 g/mol. The zero-order chi connectivity index (χ0) is 14.1. The molecule has 0 saturated heterocycles. The van der Waals surface area contributed by atoms with Crippen LogP contribution in [0.3, 0.4) is 0 Å².